The fourth-order valence-electron chi connectivity index (χ4n) is 3.36. The van der Waals surface area contributed by atoms with Crippen LogP contribution >= 0.6 is 11.3 Å². The molecule has 0 saturated heterocycles. The van der Waals surface area contributed by atoms with E-state index in [0.29, 0.717) is 22.8 Å². The van der Waals surface area contributed by atoms with Crippen LogP contribution in [0.5, 0.6) is 0 Å². The topological polar surface area (TPSA) is 64.7 Å². The zero-order valence-corrected chi connectivity index (χ0v) is 15.2. The third-order valence-electron chi connectivity index (χ3n) is 4.48. The summed E-state index contributed by atoms with van der Waals surface area (Å²) in [6, 6.07) is 7.02. The summed E-state index contributed by atoms with van der Waals surface area (Å²) in [6.45, 7) is -4.03. The Bertz CT molecular complexity index is 950. The van der Waals surface area contributed by atoms with Gasteiger partial charge in [0.15, 0.2) is 11.4 Å². The van der Waals surface area contributed by atoms with Crippen molar-refractivity contribution in [2.24, 2.45) is 0 Å². The zero-order chi connectivity index (χ0) is 17.6. The SMILES string of the molecule is [Cl-].[NH3+]NC(=O)CCc1ccc2n1[B-](F)(F)[N+]1=C(c3cccs3)C=CC1=C2. The molecule has 0 bridgehead atoms. The molecule has 0 radical (unpaired) electrons. The molecule has 4 N–H and O–H groups in total. The maximum absolute atomic E-state index is 15.4. The second-order valence-electron chi connectivity index (χ2n) is 5.94. The molecule has 2 aliphatic rings. The van der Waals surface area contributed by atoms with E-state index in [9.17, 15) is 4.79 Å². The Kier molecular flexibility index (Phi) is 4.87. The lowest BCUT2D eigenvalue weighted by molar-refractivity contribution is -0.427. The van der Waals surface area contributed by atoms with Gasteiger partial charge < -0.3 is 30.0 Å². The van der Waals surface area contributed by atoms with E-state index in [1.165, 1.54) is 11.3 Å². The van der Waals surface area contributed by atoms with E-state index in [1.54, 1.807) is 30.4 Å². The number of fused-ring (bicyclic) bond motifs is 2. The van der Waals surface area contributed by atoms with Crippen LogP contribution in [0, 0.1) is 0 Å². The molecule has 10 heteroatoms. The molecule has 0 spiro atoms. The molecule has 26 heavy (non-hydrogen) atoms. The number of halogens is 3. The van der Waals surface area contributed by atoms with Crippen LogP contribution in [0.2, 0.25) is 0 Å². The average molecular weight is 397 g/mol. The number of aryl methyl sites for hydroxylation is 1. The molecule has 2 aromatic rings. The molecule has 0 aliphatic carbocycles. The number of aromatic nitrogens is 1. The average Bonchev–Trinajstić information content (AvgIpc) is 3.31. The fourth-order valence-corrected chi connectivity index (χ4v) is 4.11. The highest BCUT2D eigenvalue weighted by Gasteiger charge is 2.52. The molecular formula is C16H16BClF2N4OS. The first-order valence-electron chi connectivity index (χ1n) is 7.91. The van der Waals surface area contributed by atoms with Crippen molar-refractivity contribution in [2.45, 2.75) is 12.8 Å². The zero-order valence-electron chi connectivity index (χ0n) is 13.7. The van der Waals surface area contributed by atoms with Gasteiger partial charge in [-0.1, -0.05) is 6.07 Å². The number of nitrogens with one attached hydrogen (secondary N) is 1. The van der Waals surface area contributed by atoms with Crippen molar-refractivity contribution in [3.8, 4) is 0 Å². The fraction of sp³-hybridized carbons (Fsp3) is 0.125. The van der Waals surface area contributed by atoms with Crippen molar-refractivity contribution in [2.75, 3.05) is 0 Å². The van der Waals surface area contributed by atoms with E-state index in [2.05, 4.69) is 11.3 Å². The summed E-state index contributed by atoms with van der Waals surface area (Å²) in [5.41, 5.74) is 4.17. The normalized spacial score (nSPS) is 16.7. The molecule has 0 unspecified atom stereocenters. The summed E-state index contributed by atoms with van der Waals surface area (Å²) in [4.78, 5) is 12.2. The predicted molar refractivity (Wildman–Crippen MR) is 93.0 cm³/mol. The van der Waals surface area contributed by atoms with Crippen LogP contribution in [0.15, 0.2) is 47.5 Å². The smallest absolute Gasteiger partial charge is 0.737 e. The number of hydrogen-bond acceptors (Lipinski definition) is 2. The van der Waals surface area contributed by atoms with Gasteiger partial charge in [0.05, 0.1) is 4.88 Å². The first-order chi connectivity index (χ1) is 12.0. The largest absolute Gasteiger partial charge is 1.00 e. The van der Waals surface area contributed by atoms with Gasteiger partial charge in [0.25, 0.3) is 5.91 Å². The van der Waals surface area contributed by atoms with Crippen LogP contribution in [0.25, 0.3) is 6.08 Å². The van der Waals surface area contributed by atoms with Crippen LogP contribution in [0.3, 0.4) is 0 Å². The lowest BCUT2D eigenvalue weighted by Gasteiger charge is -2.30. The first kappa shape index (κ1) is 18.6. The molecule has 0 aromatic carbocycles. The minimum atomic E-state index is -4.03. The van der Waals surface area contributed by atoms with E-state index in [1.807, 2.05) is 17.5 Å². The van der Waals surface area contributed by atoms with Gasteiger partial charge in [-0.2, -0.15) is 0 Å². The lowest BCUT2D eigenvalue weighted by Crippen LogP contribution is -3.00. The Balaban J connectivity index is 0.00000196. The van der Waals surface area contributed by atoms with Crippen molar-refractivity contribution < 1.29 is 36.2 Å². The minimum Gasteiger partial charge on any atom is -1.00 e. The number of thiophene rings is 1. The van der Waals surface area contributed by atoms with E-state index in [-0.39, 0.29) is 31.2 Å². The second kappa shape index (κ2) is 6.83. The van der Waals surface area contributed by atoms with Crippen LogP contribution < -0.4 is 23.7 Å². The first-order valence-corrected chi connectivity index (χ1v) is 8.79. The maximum Gasteiger partial charge on any atom is 0.737 e. The highest BCUT2D eigenvalue weighted by molar-refractivity contribution is 7.12. The molecule has 2 aliphatic heterocycles. The minimum absolute atomic E-state index is 0. The summed E-state index contributed by atoms with van der Waals surface area (Å²) >= 11 is 1.43. The van der Waals surface area contributed by atoms with Crippen LogP contribution in [0.1, 0.15) is 22.7 Å². The summed E-state index contributed by atoms with van der Waals surface area (Å²) in [7, 11) is 0. The number of allylic oxidation sites excluding steroid dienone is 2. The van der Waals surface area contributed by atoms with Gasteiger partial charge in [0, 0.05) is 30.3 Å². The van der Waals surface area contributed by atoms with E-state index in [0.717, 1.165) is 13.8 Å². The van der Waals surface area contributed by atoms with Gasteiger partial charge in [-0.25, -0.2) is 5.43 Å². The summed E-state index contributed by atoms with van der Waals surface area (Å²) < 4.78 is 33.1. The monoisotopic (exact) mass is 396 g/mol. The van der Waals surface area contributed by atoms with Crippen molar-refractivity contribution >= 4 is 36.0 Å². The van der Waals surface area contributed by atoms with Crippen molar-refractivity contribution in [1.29, 1.82) is 0 Å². The Morgan fingerprint density at radius 1 is 1.31 bits per heavy atom. The van der Waals surface area contributed by atoms with Gasteiger partial charge in [0.1, 0.15) is 0 Å². The van der Waals surface area contributed by atoms with Crippen LogP contribution in [-0.4, -0.2) is 27.6 Å². The van der Waals surface area contributed by atoms with Gasteiger partial charge in [-0.05, 0) is 35.7 Å². The van der Waals surface area contributed by atoms with Crippen LogP contribution in [0.4, 0.5) is 8.63 Å². The van der Waals surface area contributed by atoms with E-state index < -0.39 is 6.97 Å². The maximum atomic E-state index is 15.4. The molecule has 2 aromatic heterocycles. The Morgan fingerprint density at radius 2 is 2.12 bits per heavy atom. The second-order valence-corrected chi connectivity index (χ2v) is 6.89. The lowest BCUT2D eigenvalue weighted by atomic mass is 9.90. The number of amides is 1. The van der Waals surface area contributed by atoms with Crippen molar-refractivity contribution in [3.05, 3.63) is 63.8 Å². The van der Waals surface area contributed by atoms with Crippen molar-refractivity contribution in [1.82, 2.24) is 9.90 Å². The predicted octanol–water partition coefficient (Wildman–Crippen LogP) is -1.59. The molecule has 0 atom stereocenters. The molecule has 5 nitrogen and oxygen atoms in total. The number of carbonyl (C=O) groups excluding carboxylic acids is 1. The highest BCUT2D eigenvalue weighted by atomic mass is 35.5. The Morgan fingerprint density at radius 3 is 2.81 bits per heavy atom. The van der Waals surface area contributed by atoms with Gasteiger partial charge >= 0.3 is 6.97 Å². The quantitative estimate of drug-likeness (QED) is 0.475. The van der Waals surface area contributed by atoms with Crippen LogP contribution in [-0.2, 0) is 11.2 Å². The highest BCUT2D eigenvalue weighted by Crippen LogP contribution is 2.34. The van der Waals surface area contributed by atoms with E-state index >= 15 is 8.63 Å². The number of hydrogen-bond donors (Lipinski definition) is 2. The number of carbonyl (C=O) groups is 1. The Labute approximate surface area is 158 Å². The van der Waals surface area contributed by atoms with E-state index in [4.69, 9.17) is 0 Å². The third-order valence-corrected chi connectivity index (χ3v) is 5.37. The molecule has 1 amide bonds. The molecule has 136 valence electrons. The number of rotatable bonds is 4. The molecule has 0 fully saturated rings. The van der Waals surface area contributed by atoms with Crippen molar-refractivity contribution in [3.63, 3.8) is 0 Å². The molecule has 0 saturated carbocycles. The van der Waals surface area contributed by atoms with Gasteiger partial charge in [-0.3, -0.25) is 10.6 Å². The Hall–Kier alpha value is -2.23. The number of nitrogens with zero attached hydrogens (tertiary/aromatic N) is 2. The molecule has 4 rings (SSSR count). The summed E-state index contributed by atoms with van der Waals surface area (Å²) in [5, 5.41) is 1.87. The third kappa shape index (κ3) is 2.82. The molecule has 4 heterocycles. The molecular weight excluding hydrogens is 381 g/mol. The van der Waals surface area contributed by atoms with Gasteiger partial charge in [-0.15, -0.1) is 11.3 Å². The standard InChI is InChI=1S/C16H15BF2N4OS.ClH/c18-17(19)22-11(6-8-16(24)21-20)3-4-12(22)10-13-5-7-14(23(13)17)15-2-1-9-25-15;/h1-5,7,9-10H,6,8,20H2,(H,21,24);1H. The van der Waals surface area contributed by atoms with Gasteiger partial charge in [0.2, 0.25) is 0 Å². The summed E-state index contributed by atoms with van der Waals surface area (Å²) in [5.74, 6) is 3.03. The summed E-state index contributed by atoms with van der Waals surface area (Å²) in [6.07, 6.45) is 5.56. The number of quaternary nitrogens is 1.